The fourth-order valence-corrected chi connectivity index (χ4v) is 2.54. The maximum atomic E-state index is 12.5. The zero-order valence-corrected chi connectivity index (χ0v) is 14.8. The highest BCUT2D eigenvalue weighted by Crippen LogP contribution is 2.33. The topological polar surface area (TPSA) is 103 Å². The van der Waals surface area contributed by atoms with Crippen LogP contribution < -0.4 is 20.1 Å². The van der Waals surface area contributed by atoms with Crippen LogP contribution in [-0.4, -0.2) is 30.6 Å². The van der Waals surface area contributed by atoms with Crippen LogP contribution in [0, 0.1) is 10.1 Å². The number of nitrogens with one attached hydrogen (secondary N) is 2. The van der Waals surface area contributed by atoms with Crippen molar-refractivity contribution < 1.29 is 28.0 Å². The summed E-state index contributed by atoms with van der Waals surface area (Å²) in [6.45, 7) is -3.06. The molecule has 0 bridgehead atoms. The number of carbonyl (C=O) groups excluding carboxylic acids is 1. The van der Waals surface area contributed by atoms with Crippen molar-refractivity contribution in [3.63, 3.8) is 0 Å². The third-order valence-corrected chi connectivity index (χ3v) is 4.03. The van der Waals surface area contributed by atoms with E-state index < -0.39 is 17.4 Å². The highest BCUT2D eigenvalue weighted by atomic mass is 19.3. The van der Waals surface area contributed by atoms with Crippen molar-refractivity contribution in [3.05, 3.63) is 52.1 Å². The lowest BCUT2D eigenvalue weighted by atomic mass is 10.1. The molecule has 0 atom stereocenters. The number of methoxy groups -OCH3 is 1. The van der Waals surface area contributed by atoms with E-state index >= 15 is 0 Å². The number of benzene rings is 2. The molecule has 0 aromatic heterocycles. The normalized spacial score (nSPS) is 13.1. The van der Waals surface area contributed by atoms with E-state index in [1.165, 1.54) is 43.5 Å². The van der Waals surface area contributed by atoms with Gasteiger partial charge in [-0.25, -0.2) is 0 Å². The number of amides is 1. The molecular weight excluding hydrogens is 376 g/mol. The summed E-state index contributed by atoms with van der Waals surface area (Å²) >= 11 is 0. The zero-order chi connectivity index (χ0) is 20.3. The fraction of sp³-hybridized carbons (Fsp3) is 0.278. The third-order valence-electron chi connectivity index (χ3n) is 4.03. The molecule has 2 N–H and O–H groups in total. The third kappa shape index (κ3) is 4.64. The molecule has 28 heavy (non-hydrogen) atoms. The molecule has 0 radical (unpaired) electrons. The van der Waals surface area contributed by atoms with Crippen LogP contribution in [0.2, 0.25) is 0 Å². The molecule has 10 heteroatoms. The Labute approximate surface area is 158 Å². The molecule has 1 fully saturated rings. The van der Waals surface area contributed by atoms with E-state index in [2.05, 4.69) is 15.4 Å². The van der Waals surface area contributed by atoms with Gasteiger partial charge in [-0.3, -0.25) is 14.9 Å². The van der Waals surface area contributed by atoms with Gasteiger partial charge in [-0.2, -0.15) is 8.78 Å². The standard InChI is InChI=1S/C18H17F2N3O5/c1-27-15-7-5-12(9-16(15)28-18(19)20)22-17(24)10-2-6-13(21-11-3-4-11)14(8-10)23(25)26/h2,5-9,11,18,21H,3-4H2,1H3,(H,22,24). The Kier molecular flexibility index (Phi) is 5.57. The second-order valence-electron chi connectivity index (χ2n) is 6.11. The molecule has 1 amide bonds. The Hall–Kier alpha value is -3.43. The zero-order valence-electron chi connectivity index (χ0n) is 14.8. The first-order valence-corrected chi connectivity index (χ1v) is 8.36. The van der Waals surface area contributed by atoms with Crippen LogP contribution >= 0.6 is 0 Å². The largest absolute Gasteiger partial charge is 0.493 e. The smallest absolute Gasteiger partial charge is 0.387 e. The number of halogens is 2. The maximum absolute atomic E-state index is 12.5. The van der Waals surface area contributed by atoms with Gasteiger partial charge in [0.05, 0.1) is 12.0 Å². The molecule has 1 aliphatic carbocycles. The van der Waals surface area contributed by atoms with Crippen LogP contribution in [-0.2, 0) is 0 Å². The number of carbonyl (C=O) groups is 1. The Morgan fingerprint density at radius 2 is 1.96 bits per heavy atom. The van der Waals surface area contributed by atoms with Crippen molar-refractivity contribution in [2.45, 2.75) is 25.5 Å². The second kappa shape index (κ2) is 8.07. The van der Waals surface area contributed by atoms with Gasteiger partial charge in [0.15, 0.2) is 11.5 Å². The van der Waals surface area contributed by atoms with Crippen molar-refractivity contribution in [2.75, 3.05) is 17.7 Å². The average Bonchev–Trinajstić information content (AvgIpc) is 3.45. The summed E-state index contributed by atoms with van der Waals surface area (Å²) < 4.78 is 34.3. The predicted molar refractivity (Wildman–Crippen MR) is 97.3 cm³/mol. The number of hydrogen-bond acceptors (Lipinski definition) is 6. The number of nitro groups is 1. The molecule has 0 saturated heterocycles. The summed E-state index contributed by atoms with van der Waals surface area (Å²) in [5, 5.41) is 16.9. The minimum absolute atomic E-state index is 0.0557. The van der Waals surface area contributed by atoms with Crippen LogP contribution in [0.15, 0.2) is 36.4 Å². The molecule has 1 saturated carbocycles. The average molecular weight is 393 g/mol. The van der Waals surface area contributed by atoms with Crippen molar-refractivity contribution >= 4 is 23.0 Å². The van der Waals surface area contributed by atoms with Crippen LogP contribution in [0.25, 0.3) is 0 Å². The quantitative estimate of drug-likeness (QED) is 0.519. The summed E-state index contributed by atoms with van der Waals surface area (Å²) in [5.41, 5.74) is 0.363. The van der Waals surface area contributed by atoms with E-state index in [0.717, 1.165) is 12.8 Å². The number of nitrogens with zero attached hydrogens (tertiary/aromatic N) is 1. The van der Waals surface area contributed by atoms with E-state index in [1.54, 1.807) is 0 Å². The SMILES string of the molecule is COc1ccc(NC(=O)c2ccc(NC3CC3)c([N+](=O)[O-])c2)cc1OC(F)F. The van der Waals surface area contributed by atoms with E-state index in [1.807, 2.05) is 0 Å². The lowest BCUT2D eigenvalue weighted by Gasteiger charge is -2.12. The van der Waals surface area contributed by atoms with Gasteiger partial charge in [0.25, 0.3) is 11.6 Å². The second-order valence-corrected chi connectivity index (χ2v) is 6.11. The van der Waals surface area contributed by atoms with Gasteiger partial charge >= 0.3 is 6.61 Å². The highest BCUT2D eigenvalue weighted by Gasteiger charge is 2.25. The van der Waals surface area contributed by atoms with Gasteiger partial charge in [-0.15, -0.1) is 0 Å². The van der Waals surface area contributed by atoms with Crippen LogP contribution in [0.1, 0.15) is 23.2 Å². The van der Waals surface area contributed by atoms with Crippen molar-refractivity contribution in [2.24, 2.45) is 0 Å². The van der Waals surface area contributed by atoms with Crippen LogP contribution in [0.5, 0.6) is 11.5 Å². The summed E-state index contributed by atoms with van der Waals surface area (Å²) in [5.74, 6) is -0.802. The molecule has 8 nitrogen and oxygen atoms in total. The van der Waals surface area contributed by atoms with E-state index in [9.17, 15) is 23.7 Å². The van der Waals surface area contributed by atoms with Gasteiger partial charge in [0.2, 0.25) is 0 Å². The van der Waals surface area contributed by atoms with Crippen molar-refractivity contribution in [1.82, 2.24) is 0 Å². The Morgan fingerprint density at radius 3 is 2.57 bits per heavy atom. The molecule has 1 aliphatic rings. The van der Waals surface area contributed by atoms with Gasteiger partial charge in [-0.1, -0.05) is 0 Å². The van der Waals surface area contributed by atoms with Gasteiger partial charge in [0.1, 0.15) is 5.69 Å². The van der Waals surface area contributed by atoms with Crippen molar-refractivity contribution in [3.8, 4) is 11.5 Å². The highest BCUT2D eigenvalue weighted by molar-refractivity contribution is 6.05. The number of alkyl halides is 2. The molecule has 148 valence electrons. The summed E-state index contributed by atoms with van der Waals surface area (Å²) in [4.78, 5) is 23.2. The first-order chi connectivity index (χ1) is 13.4. The summed E-state index contributed by atoms with van der Waals surface area (Å²) in [7, 11) is 1.29. The van der Waals surface area contributed by atoms with Gasteiger partial charge < -0.3 is 20.1 Å². The molecule has 2 aromatic rings. The molecule has 0 heterocycles. The molecule has 3 rings (SSSR count). The number of rotatable bonds is 8. The fourth-order valence-electron chi connectivity index (χ4n) is 2.54. The van der Waals surface area contributed by atoms with Crippen LogP contribution in [0.4, 0.5) is 25.8 Å². The molecule has 0 spiro atoms. The van der Waals surface area contributed by atoms with E-state index in [-0.39, 0.29) is 34.5 Å². The Balaban J connectivity index is 1.80. The Morgan fingerprint density at radius 1 is 1.21 bits per heavy atom. The number of hydrogen-bond donors (Lipinski definition) is 2. The molecule has 2 aromatic carbocycles. The lowest BCUT2D eigenvalue weighted by molar-refractivity contribution is -0.384. The Bertz CT molecular complexity index is 903. The van der Waals surface area contributed by atoms with Gasteiger partial charge in [0, 0.05) is 29.4 Å². The number of ether oxygens (including phenoxy) is 2. The van der Waals surface area contributed by atoms with E-state index in [4.69, 9.17) is 4.74 Å². The first-order valence-electron chi connectivity index (χ1n) is 8.36. The lowest BCUT2D eigenvalue weighted by Crippen LogP contribution is -2.13. The minimum atomic E-state index is -3.06. The van der Waals surface area contributed by atoms with E-state index in [0.29, 0.717) is 5.69 Å². The first kappa shape index (κ1) is 19.3. The predicted octanol–water partition coefficient (Wildman–Crippen LogP) is 4.03. The minimum Gasteiger partial charge on any atom is -0.493 e. The molecule has 0 aliphatic heterocycles. The monoisotopic (exact) mass is 393 g/mol. The van der Waals surface area contributed by atoms with Gasteiger partial charge in [-0.05, 0) is 37.1 Å². The molecular formula is C18H17F2N3O5. The maximum Gasteiger partial charge on any atom is 0.387 e. The van der Waals surface area contributed by atoms with Crippen LogP contribution in [0.3, 0.4) is 0 Å². The molecule has 0 unspecified atom stereocenters. The number of nitro benzene ring substituents is 1. The summed E-state index contributed by atoms with van der Waals surface area (Å²) in [6, 6.07) is 8.29. The van der Waals surface area contributed by atoms with Crippen molar-refractivity contribution in [1.29, 1.82) is 0 Å². The summed E-state index contributed by atoms with van der Waals surface area (Å²) in [6.07, 6.45) is 1.89. The number of anilines is 2.